The van der Waals surface area contributed by atoms with Gasteiger partial charge in [0, 0.05) is 30.7 Å². The van der Waals surface area contributed by atoms with E-state index >= 15 is 0 Å². The van der Waals surface area contributed by atoms with Gasteiger partial charge in [-0.3, -0.25) is 4.79 Å². The molecule has 0 bridgehead atoms. The predicted molar refractivity (Wildman–Crippen MR) is 92.2 cm³/mol. The number of anilines is 1. The van der Waals surface area contributed by atoms with Gasteiger partial charge in [-0.05, 0) is 43.9 Å². The highest BCUT2D eigenvalue weighted by Gasteiger charge is 2.28. The van der Waals surface area contributed by atoms with Gasteiger partial charge in [0.2, 0.25) is 5.91 Å². The van der Waals surface area contributed by atoms with Gasteiger partial charge in [-0.15, -0.1) is 0 Å². The Morgan fingerprint density at radius 1 is 1.21 bits per heavy atom. The summed E-state index contributed by atoms with van der Waals surface area (Å²) in [6, 6.07) is 5.71. The lowest BCUT2D eigenvalue weighted by molar-refractivity contribution is -0.127. The first-order valence-corrected chi connectivity index (χ1v) is 8.48. The van der Waals surface area contributed by atoms with Crippen LogP contribution in [0.2, 0.25) is 0 Å². The number of likely N-dealkylation sites (tertiary alicyclic amines) is 1. The van der Waals surface area contributed by atoms with E-state index in [1.54, 1.807) is 17.0 Å². The Morgan fingerprint density at radius 3 is 2.46 bits per heavy atom. The van der Waals surface area contributed by atoms with Gasteiger partial charge in [0.05, 0.1) is 0 Å². The standard InChI is InChI=1S/C18H26FN3O2/c1-12(2)13(3)20-17(23)14-7-9-22(10-8-14)18(24)21-16-6-4-5-15(19)11-16/h4-6,11-14H,7-10H2,1-3H3,(H,20,23)(H,21,24). The second-order valence-corrected chi connectivity index (χ2v) is 6.74. The van der Waals surface area contributed by atoms with Gasteiger partial charge in [0.15, 0.2) is 0 Å². The van der Waals surface area contributed by atoms with E-state index in [0.717, 1.165) is 0 Å². The smallest absolute Gasteiger partial charge is 0.321 e. The molecule has 1 atom stereocenters. The highest BCUT2D eigenvalue weighted by Crippen LogP contribution is 2.19. The van der Waals surface area contributed by atoms with Crippen LogP contribution in [-0.2, 0) is 4.79 Å². The Balaban J connectivity index is 1.81. The van der Waals surface area contributed by atoms with Crippen molar-refractivity contribution in [3.05, 3.63) is 30.1 Å². The zero-order valence-corrected chi connectivity index (χ0v) is 14.5. The molecule has 0 radical (unpaired) electrons. The van der Waals surface area contributed by atoms with E-state index in [1.165, 1.54) is 12.1 Å². The minimum atomic E-state index is -0.387. The highest BCUT2D eigenvalue weighted by atomic mass is 19.1. The molecule has 1 aliphatic rings. The molecule has 2 rings (SSSR count). The quantitative estimate of drug-likeness (QED) is 0.887. The summed E-state index contributed by atoms with van der Waals surface area (Å²) in [5, 5.41) is 5.73. The Kier molecular flexibility index (Phi) is 6.17. The highest BCUT2D eigenvalue weighted by molar-refractivity contribution is 5.89. The molecule has 0 saturated carbocycles. The van der Waals surface area contributed by atoms with Crippen LogP contribution in [0.3, 0.4) is 0 Å². The Hall–Kier alpha value is -2.11. The van der Waals surface area contributed by atoms with Gasteiger partial charge >= 0.3 is 6.03 Å². The summed E-state index contributed by atoms with van der Waals surface area (Å²) in [4.78, 5) is 26.1. The number of nitrogens with one attached hydrogen (secondary N) is 2. The normalized spacial score (nSPS) is 16.8. The lowest BCUT2D eigenvalue weighted by Gasteiger charge is -2.32. The molecule has 1 aromatic rings. The molecule has 24 heavy (non-hydrogen) atoms. The fraction of sp³-hybridized carbons (Fsp3) is 0.556. The summed E-state index contributed by atoms with van der Waals surface area (Å²) < 4.78 is 13.2. The SMILES string of the molecule is CC(C)C(C)NC(=O)C1CCN(C(=O)Nc2cccc(F)c2)CC1. The van der Waals surface area contributed by atoms with E-state index in [1.807, 2.05) is 6.92 Å². The zero-order chi connectivity index (χ0) is 17.7. The second-order valence-electron chi connectivity index (χ2n) is 6.74. The van der Waals surface area contributed by atoms with Crippen LogP contribution >= 0.6 is 0 Å². The average molecular weight is 335 g/mol. The third-order valence-electron chi connectivity index (χ3n) is 4.60. The Morgan fingerprint density at radius 2 is 1.88 bits per heavy atom. The minimum absolute atomic E-state index is 0.0515. The number of hydrogen-bond donors (Lipinski definition) is 2. The molecular weight excluding hydrogens is 309 g/mol. The molecule has 0 aliphatic carbocycles. The van der Waals surface area contributed by atoms with Gasteiger partial charge in [0.25, 0.3) is 0 Å². The van der Waals surface area contributed by atoms with Crippen molar-refractivity contribution < 1.29 is 14.0 Å². The van der Waals surface area contributed by atoms with E-state index < -0.39 is 0 Å². The number of carbonyl (C=O) groups is 2. The maximum Gasteiger partial charge on any atom is 0.321 e. The molecular formula is C18H26FN3O2. The first-order chi connectivity index (χ1) is 11.4. The molecule has 1 heterocycles. The number of carbonyl (C=O) groups excluding carboxylic acids is 2. The van der Waals surface area contributed by atoms with Gasteiger partial charge in [-0.1, -0.05) is 19.9 Å². The molecule has 1 unspecified atom stereocenters. The fourth-order valence-corrected chi connectivity index (χ4v) is 2.62. The van der Waals surface area contributed by atoms with Gasteiger partial charge in [-0.25, -0.2) is 9.18 Å². The van der Waals surface area contributed by atoms with E-state index in [9.17, 15) is 14.0 Å². The molecule has 0 aromatic heterocycles. The van der Waals surface area contributed by atoms with Gasteiger partial charge in [0.1, 0.15) is 5.82 Å². The Bertz CT molecular complexity index is 583. The first kappa shape index (κ1) is 18.2. The summed E-state index contributed by atoms with van der Waals surface area (Å²) in [6.45, 7) is 7.20. The van der Waals surface area contributed by atoms with Crippen LogP contribution in [0, 0.1) is 17.7 Å². The number of hydrogen-bond acceptors (Lipinski definition) is 2. The molecule has 1 aliphatic heterocycles. The van der Waals surface area contributed by atoms with Crippen molar-refractivity contribution in [3.8, 4) is 0 Å². The molecule has 1 aromatic carbocycles. The number of benzene rings is 1. The molecule has 132 valence electrons. The third kappa shape index (κ3) is 4.94. The lowest BCUT2D eigenvalue weighted by atomic mass is 9.95. The van der Waals surface area contributed by atoms with Crippen molar-refractivity contribution in [1.29, 1.82) is 0 Å². The molecule has 3 amide bonds. The van der Waals surface area contributed by atoms with Crippen molar-refractivity contribution in [1.82, 2.24) is 10.2 Å². The zero-order valence-electron chi connectivity index (χ0n) is 14.5. The summed E-state index contributed by atoms with van der Waals surface area (Å²) >= 11 is 0. The summed E-state index contributed by atoms with van der Waals surface area (Å²) in [5.74, 6) is 0.0272. The van der Waals surface area contributed by atoms with Crippen LogP contribution in [0.4, 0.5) is 14.9 Å². The number of piperidine rings is 1. The van der Waals surface area contributed by atoms with E-state index in [-0.39, 0.29) is 29.7 Å². The van der Waals surface area contributed by atoms with Crippen LogP contribution in [-0.4, -0.2) is 36.0 Å². The molecule has 2 N–H and O–H groups in total. The summed E-state index contributed by atoms with van der Waals surface area (Å²) in [7, 11) is 0. The van der Waals surface area contributed by atoms with E-state index in [4.69, 9.17) is 0 Å². The van der Waals surface area contributed by atoms with E-state index in [0.29, 0.717) is 37.5 Å². The molecule has 0 spiro atoms. The van der Waals surface area contributed by atoms with Gasteiger partial charge in [-0.2, -0.15) is 0 Å². The maximum absolute atomic E-state index is 13.2. The Labute approximate surface area is 142 Å². The summed E-state index contributed by atoms with van der Waals surface area (Å²) in [6.07, 6.45) is 1.29. The van der Waals surface area contributed by atoms with Crippen molar-refractivity contribution in [2.75, 3.05) is 18.4 Å². The average Bonchev–Trinajstić information content (AvgIpc) is 2.54. The first-order valence-electron chi connectivity index (χ1n) is 8.48. The fourth-order valence-electron chi connectivity index (χ4n) is 2.62. The monoisotopic (exact) mass is 335 g/mol. The number of rotatable bonds is 4. The van der Waals surface area contributed by atoms with Crippen LogP contribution < -0.4 is 10.6 Å². The third-order valence-corrected chi connectivity index (χ3v) is 4.60. The largest absolute Gasteiger partial charge is 0.353 e. The molecule has 1 saturated heterocycles. The number of urea groups is 1. The van der Waals surface area contributed by atoms with Crippen LogP contribution in [0.1, 0.15) is 33.6 Å². The summed E-state index contributed by atoms with van der Waals surface area (Å²) in [5.41, 5.74) is 0.436. The number of amides is 3. The van der Waals surface area contributed by atoms with E-state index in [2.05, 4.69) is 24.5 Å². The lowest BCUT2D eigenvalue weighted by Crippen LogP contribution is -2.46. The second kappa shape index (κ2) is 8.13. The van der Waals surface area contributed by atoms with Crippen LogP contribution in [0.5, 0.6) is 0 Å². The van der Waals surface area contributed by atoms with Crippen molar-refractivity contribution in [3.63, 3.8) is 0 Å². The van der Waals surface area contributed by atoms with Crippen LogP contribution in [0.15, 0.2) is 24.3 Å². The van der Waals surface area contributed by atoms with Crippen LogP contribution in [0.25, 0.3) is 0 Å². The van der Waals surface area contributed by atoms with Crippen molar-refractivity contribution >= 4 is 17.6 Å². The topological polar surface area (TPSA) is 61.4 Å². The van der Waals surface area contributed by atoms with Crippen molar-refractivity contribution in [2.24, 2.45) is 11.8 Å². The van der Waals surface area contributed by atoms with Gasteiger partial charge < -0.3 is 15.5 Å². The maximum atomic E-state index is 13.2. The minimum Gasteiger partial charge on any atom is -0.353 e. The molecule has 6 heteroatoms. The van der Waals surface area contributed by atoms with Crippen molar-refractivity contribution in [2.45, 2.75) is 39.7 Å². The molecule has 5 nitrogen and oxygen atoms in total. The molecule has 1 fully saturated rings. The number of nitrogens with zero attached hydrogens (tertiary/aromatic N) is 1. The number of halogens is 1. The predicted octanol–water partition coefficient (Wildman–Crippen LogP) is 3.23.